The topological polar surface area (TPSA) is 105 Å². The Morgan fingerprint density at radius 3 is 2.63 bits per heavy atom. The highest BCUT2D eigenvalue weighted by molar-refractivity contribution is 5.96. The zero-order valence-electron chi connectivity index (χ0n) is 15.0. The van der Waals surface area contributed by atoms with Gasteiger partial charge in [0.15, 0.2) is 12.3 Å². The van der Waals surface area contributed by atoms with Crippen LogP contribution in [0.3, 0.4) is 0 Å². The number of carbonyl (C=O) groups is 2. The van der Waals surface area contributed by atoms with Gasteiger partial charge in [0.05, 0.1) is 6.07 Å². The van der Waals surface area contributed by atoms with Crippen LogP contribution in [0.5, 0.6) is 0 Å². The molecule has 0 aliphatic rings. The SMILES string of the molecule is CCCCn1nc(C(=O)OCC(=O)N(CC#N)c2ccccc2)ccc1=O. The third-order valence-electron chi connectivity index (χ3n) is 3.72. The Kier molecular flexibility index (Phi) is 7.26. The fourth-order valence-electron chi connectivity index (χ4n) is 2.31. The summed E-state index contributed by atoms with van der Waals surface area (Å²) in [5, 5.41) is 12.9. The zero-order valence-corrected chi connectivity index (χ0v) is 15.0. The second kappa shape index (κ2) is 9.87. The Balaban J connectivity index is 2.04. The predicted octanol–water partition coefficient (Wildman–Crippen LogP) is 1.76. The van der Waals surface area contributed by atoms with Gasteiger partial charge >= 0.3 is 5.97 Å². The van der Waals surface area contributed by atoms with Crippen LogP contribution in [0.15, 0.2) is 47.3 Å². The highest BCUT2D eigenvalue weighted by Crippen LogP contribution is 2.13. The van der Waals surface area contributed by atoms with Crippen molar-refractivity contribution in [3.63, 3.8) is 0 Å². The molecule has 27 heavy (non-hydrogen) atoms. The predicted molar refractivity (Wildman–Crippen MR) is 98.1 cm³/mol. The summed E-state index contributed by atoms with van der Waals surface area (Å²) in [6.07, 6.45) is 1.63. The van der Waals surface area contributed by atoms with Gasteiger partial charge < -0.3 is 4.74 Å². The molecule has 0 aliphatic heterocycles. The summed E-state index contributed by atoms with van der Waals surface area (Å²) in [6, 6.07) is 13.1. The van der Waals surface area contributed by atoms with Crippen molar-refractivity contribution in [1.29, 1.82) is 5.26 Å². The van der Waals surface area contributed by atoms with Crippen LogP contribution < -0.4 is 10.5 Å². The molecule has 0 fully saturated rings. The van der Waals surface area contributed by atoms with Crippen molar-refractivity contribution < 1.29 is 14.3 Å². The normalized spacial score (nSPS) is 10.1. The summed E-state index contributed by atoms with van der Waals surface area (Å²) in [5.74, 6) is -1.34. The van der Waals surface area contributed by atoms with E-state index < -0.39 is 18.5 Å². The molecule has 0 N–H and O–H groups in total. The number of hydrogen-bond donors (Lipinski definition) is 0. The largest absolute Gasteiger partial charge is 0.451 e. The van der Waals surface area contributed by atoms with Crippen molar-refractivity contribution in [3.8, 4) is 6.07 Å². The average Bonchev–Trinajstić information content (AvgIpc) is 2.70. The number of nitriles is 1. The van der Waals surface area contributed by atoms with Gasteiger partial charge in [0.1, 0.15) is 6.54 Å². The molecule has 0 aliphatic carbocycles. The second-order valence-electron chi connectivity index (χ2n) is 5.68. The van der Waals surface area contributed by atoms with Gasteiger partial charge in [0, 0.05) is 18.3 Å². The number of amides is 1. The van der Waals surface area contributed by atoms with E-state index in [1.165, 1.54) is 21.7 Å². The van der Waals surface area contributed by atoms with Gasteiger partial charge in [-0.15, -0.1) is 0 Å². The molecule has 1 heterocycles. The summed E-state index contributed by atoms with van der Waals surface area (Å²) in [4.78, 5) is 37.5. The molecule has 0 unspecified atom stereocenters. The monoisotopic (exact) mass is 368 g/mol. The van der Waals surface area contributed by atoms with Crippen molar-refractivity contribution in [2.24, 2.45) is 0 Å². The lowest BCUT2D eigenvalue weighted by Gasteiger charge is -2.19. The molecule has 0 spiro atoms. The van der Waals surface area contributed by atoms with Crippen molar-refractivity contribution in [2.45, 2.75) is 26.3 Å². The Labute approximate surface area is 156 Å². The van der Waals surface area contributed by atoms with Gasteiger partial charge in [0.2, 0.25) is 0 Å². The number of anilines is 1. The molecule has 1 aromatic carbocycles. The number of esters is 1. The summed E-state index contributed by atoms with van der Waals surface area (Å²) >= 11 is 0. The van der Waals surface area contributed by atoms with Crippen LogP contribution in [0, 0.1) is 11.3 Å². The summed E-state index contributed by atoms with van der Waals surface area (Å²) in [7, 11) is 0. The lowest BCUT2D eigenvalue weighted by Crippen LogP contribution is -2.35. The lowest BCUT2D eigenvalue weighted by molar-refractivity contribution is -0.121. The Bertz CT molecular complexity index is 887. The molecule has 8 nitrogen and oxygen atoms in total. The molecular weight excluding hydrogens is 348 g/mol. The molecule has 0 saturated heterocycles. The molecule has 8 heteroatoms. The number of rotatable bonds is 8. The third kappa shape index (κ3) is 5.51. The minimum absolute atomic E-state index is 0.0509. The second-order valence-corrected chi connectivity index (χ2v) is 5.68. The first-order valence-electron chi connectivity index (χ1n) is 8.54. The first-order valence-corrected chi connectivity index (χ1v) is 8.54. The summed E-state index contributed by atoms with van der Waals surface area (Å²) < 4.78 is 6.22. The van der Waals surface area contributed by atoms with Gasteiger partial charge in [-0.05, 0) is 24.6 Å². The number of para-hydroxylation sites is 1. The van der Waals surface area contributed by atoms with Gasteiger partial charge in [-0.1, -0.05) is 31.5 Å². The maximum Gasteiger partial charge on any atom is 0.359 e. The molecule has 2 aromatic rings. The number of nitrogens with zero attached hydrogens (tertiary/aromatic N) is 4. The smallest absolute Gasteiger partial charge is 0.359 e. The van der Waals surface area contributed by atoms with Crippen molar-refractivity contribution in [2.75, 3.05) is 18.1 Å². The number of aromatic nitrogens is 2. The van der Waals surface area contributed by atoms with E-state index in [4.69, 9.17) is 10.00 Å². The molecule has 0 saturated carbocycles. The number of unbranched alkanes of at least 4 members (excludes halogenated alkanes) is 1. The van der Waals surface area contributed by atoms with E-state index in [2.05, 4.69) is 5.10 Å². The highest BCUT2D eigenvalue weighted by atomic mass is 16.5. The number of benzene rings is 1. The molecule has 0 radical (unpaired) electrons. The number of hydrogen-bond acceptors (Lipinski definition) is 6. The van der Waals surface area contributed by atoms with E-state index in [1.54, 1.807) is 30.3 Å². The van der Waals surface area contributed by atoms with Crippen molar-refractivity contribution in [3.05, 3.63) is 58.5 Å². The van der Waals surface area contributed by atoms with E-state index >= 15 is 0 Å². The summed E-state index contributed by atoms with van der Waals surface area (Å²) in [5.41, 5.74) is 0.178. The van der Waals surface area contributed by atoms with Crippen molar-refractivity contribution in [1.82, 2.24) is 9.78 Å². The molecule has 0 atom stereocenters. The van der Waals surface area contributed by atoms with Gasteiger partial charge in [-0.3, -0.25) is 14.5 Å². The van der Waals surface area contributed by atoms with Crippen LogP contribution in [-0.4, -0.2) is 34.8 Å². The average molecular weight is 368 g/mol. The molecule has 2 rings (SSSR count). The van der Waals surface area contributed by atoms with Crippen LogP contribution >= 0.6 is 0 Å². The van der Waals surface area contributed by atoms with Gasteiger partial charge in [-0.25, -0.2) is 9.48 Å². The zero-order chi connectivity index (χ0) is 19.6. The lowest BCUT2D eigenvalue weighted by atomic mass is 10.3. The maximum atomic E-state index is 12.4. The number of aryl methyl sites for hydroxylation is 1. The maximum absolute atomic E-state index is 12.4. The minimum atomic E-state index is -0.807. The van der Waals surface area contributed by atoms with E-state index in [0.29, 0.717) is 12.2 Å². The van der Waals surface area contributed by atoms with Gasteiger partial charge in [-0.2, -0.15) is 10.4 Å². The highest BCUT2D eigenvalue weighted by Gasteiger charge is 2.19. The van der Waals surface area contributed by atoms with E-state index in [1.807, 2.05) is 13.0 Å². The minimum Gasteiger partial charge on any atom is -0.451 e. The van der Waals surface area contributed by atoms with E-state index in [-0.39, 0.29) is 17.8 Å². The first kappa shape index (κ1) is 19.8. The number of ether oxygens (including phenoxy) is 1. The molecular formula is C19H20N4O4. The Morgan fingerprint density at radius 1 is 1.22 bits per heavy atom. The molecule has 140 valence electrons. The molecule has 0 bridgehead atoms. The third-order valence-corrected chi connectivity index (χ3v) is 3.72. The van der Waals surface area contributed by atoms with Crippen LogP contribution in [0.2, 0.25) is 0 Å². The van der Waals surface area contributed by atoms with E-state index in [9.17, 15) is 14.4 Å². The number of carbonyl (C=O) groups excluding carboxylic acids is 2. The van der Waals surface area contributed by atoms with E-state index in [0.717, 1.165) is 12.8 Å². The van der Waals surface area contributed by atoms with Crippen molar-refractivity contribution >= 4 is 17.6 Å². The van der Waals surface area contributed by atoms with Crippen LogP contribution in [-0.2, 0) is 16.1 Å². The first-order chi connectivity index (χ1) is 13.1. The van der Waals surface area contributed by atoms with Crippen LogP contribution in [0.1, 0.15) is 30.3 Å². The fraction of sp³-hybridized carbons (Fsp3) is 0.316. The van der Waals surface area contributed by atoms with Gasteiger partial charge in [0.25, 0.3) is 11.5 Å². The standard InChI is InChI=1S/C19H20N4O4/c1-2-3-12-23-17(24)10-9-16(21-23)19(26)27-14-18(25)22(13-11-20)15-7-5-4-6-8-15/h4-10H,2-3,12-14H2,1H3. The Hall–Kier alpha value is -3.47. The summed E-state index contributed by atoms with van der Waals surface area (Å²) in [6.45, 7) is 1.68. The molecule has 1 amide bonds. The quantitative estimate of drug-likeness (QED) is 0.519. The molecule has 1 aromatic heterocycles. The van der Waals surface area contributed by atoms with Crippen LogP contribution in [0.4, 0.5) is 5.69 Å². The Morgan fingerprint density at radius 2 is 1.96 bits per heavy atom. The van der Waals surface area contributed by atoms with Crippen LogP contribution in [0.25, 0.3) is 0 Å². The fourth-order valence-corrected chi connectivity index (χ4v) is 2.31.